The van der Waals surface area contributed by atoms with Crippen LogP contribution in [0.1, 0.15) is 5.56 Å². The molecule has 1 amide bonds. The topological polar surface area (TPSA) is 54.0 Å². The van der Waals surface area contributed by atoms with Gasteiger partial charge in [0.05, 0.1) is 18.3 Å². The number of carbonyl (C=O) groups is 1. The van der Waals surface area contributed by atoms with E-state index in [4.69, 9.17) is 0 Å². The van der Waals surface area contributed by atoms with Crippen molar-refractivity contribution < 1.29 is 4.79 Å². The number of pyridine rings is 1. The highest BCUT2D eigenvalue weighted by Crippen LogP contribution is 2.10. The molecule has 0 fully saturated rings. The van der Waals surface area contributed by atoms with E-state index in [9.17, 15) is 4.79 Å². The van der Waals surface area contributed by atoms with Crippen LogP contribution in [-0.4, -0.2) is 17.4 Å². The van der Waals surface area contributed by atoms with Crippen LogP contribution in [0.4, 0.5) is 11.5 Å². The smallest absolute Gasteiger partial charge is 0.228 e. The first-order valence-electron chi connectivity index (χ1n) is 6.42. The lowest BCUT2D eigenvalue weighted by atomic mass is 10.1. The van der Waals surface area contributed by atoms with Gasteiger partial charge in [-0.1, -0.05) is 36.4 Å². The predicted molar refractivity (Wildman–Crippen MR) is 81.7 cm³/mol. The maximum absolute atomic E-state index is 11.9. The van der Waals surface area contributed by atoms with Gasteiger partial charge < -0.3 is 10.6 Å². The van der Waals surface area contributed by atoms with Crippen LogP contribution in [0.25, 0.3) is 0 Å². The van der Waals surface area contributed by atoms with Crippen molar-refractivity contribution in [2.24, 2.45) is 0 Å². The molecule has 2 rings (SSSR count). The number of nitrogens with zero attached hydrogens (tertiary/aromatic N) is 1. The molecule has 0 aliphatic carbocycles. The van der Waals surface area contributed by atoms with E-state index in [1.807, 2.05) is 42.5 Å². The average Bonchev–Trinajstić information content (AvgIpc) is 2.47. The van der Waals surface area contributed by atoms with Crippen LogP contribution in [0.2, 0.25) is 0 Å². The van der Waals surface area contributed by atoms with Crippen molar-refractivity contribution in [2.45, 2.75) is 6.42 Å². The molecule has 1 heterocycles. The van der Waals surface area contributed by atoms with Crippen LogP contribution < -0.4 is 10.6 Å². The number of benzene rings is 1. The zero-order valence-electron chi connectivity index (χ0n) is 11.2. The maximum Gasteiger partial charge on any atom is 0.228 e. The van der Waals surface area contributed by atoms with Crippen LogP contribution in [0.3, 0.4) is 0 Å². The van der Waals surface area contributed by atoms with Crippen LogP contribution in [0, 0.1) is 0 Å². The van der Waals surface area contributed by atoms with Crippen molar-refractivity contribution >= 4 is 17.4 Å². The van der Waals surface area contributed by atoms with Crippen molar-refractivity contribution in [3.05, 3.63) is 66.9 Å². The van der Waals surface area contributed by atoms with Crippen molar-refractivity contribution in [1.29, 1.82) is 0 Å². The molecule has 0 saturated heterocycles. The van der Waals surface area contributed by atoms with Crippen LogP contribution >= 0.6 is 0 Å². The fourth-order valence-electron chi connectivity index (χ4n) is 1.74. The van der Waals surface area contributed by atoms with Gasteiger partial charge in [-0.2, -0.15) is 0 Å². The summed E-state index contributed by atoms with van der Waals surface area (Å²) in [5.74, 6) is 0.704. The van der Waals surface area contributed by atoms with Gasteiger partial charge in [0.1, 0.15) is 5.82 Å². The number of carbonyl (C=O) groups excluding carboxylic acids is 1. The minimum absolute atomic E-state index is 0.0511. The molecule has 0 bridgehead atoms. The molecule has 4 heteroatoms. The first-order chi connectivity index (χ1) is 9.78. The summed E-state index contributed by atoms with van der Waals surface area (Å²) < 4.78 is 0. The monoisotopic (exact) mass is 267 g/mol. The van der Waals surface area contributed by atoms with Gasteiger partial charge in [-0.3, -0.25) is 4.79 Å². The largest absolute Gasteiger partial charge is 0.367 e. The average molecular weight is 267 g/mol. The second-order valence-corrected chi connectivity index (χ2v) is 4.31. The second kappa shape index (κ2) is 7.09. The molecule has 0 unspecified atom stereocenters. The van der Waals surface area contributed by atoms with Crippen molar-refractivity contribution in [1.82, 2.24) is 4.98 Å². The Morgan fingerprint density at radius 3 is 2.65 bits per heavy atom. The van der Waals surface area contributed by atoms with Crippen LogP contribution in [0.5, 0.6) is 0 Å². The summed E-state index contributed by atoms with van der Waals surface area (Å²) >= 11 is 0. The molecular formula is C16H17N3O. The quantitative estimate of drug-likeness (QED) is 0.791. The molecule has 4 nitrogen and oxygen atoms in total. The molecule has 1 aromatic heterocycles. The molecule has 0 aliphatic heterocycles. The zero-order chi connectivity index (χ0) is 14.2. The minimum Gasteiger partial charge on any atom is -0.367 e. The van der Waals surface area contributed by atoms with Crippen molar-refractivity contribution in [2.75, 3.05) is 17.2 Å². The normalized spacial score (nSPS) is 9.80. The minimum atomic E-state index is -0.0511. The molecule has 0 radical (unpaired) electrons. The summed E-state index contributed by atoms with van der Waals surface area (Å²) in [5, 5.41) is 5.90. The SMILES string of the molecule is C=CCNc1ccc(NC(=O)Cc2ccccc2)cn1. The molecule has 102 valence electrons. The third kappa shape index (κ3) is 4.24. The molecule has 2 aromatic rings. The molecule has 2 N–H and O–H groups in total. The molecular weight excluding hydrogens is 250 g/mol. The second-order valence-electron chi connectivity index (χ2n) is 4.31. The number of amides is 1. The maximum atomic E-state index is 11.9. The van der Waals surface area contributed by atoms with Gasteiger partial charge >= 0.3 is 0 Å². The van der Waals surface area contributed by atoms with E-state index >= 15 is 0 Å². The van der Waals surface area contributed by atoms with E-state index in [1.54, 1.807) is 12.3 Å². The van der Waals surface area contributed by atoms with Crippen molar-refractivity contribution in [3.63, 3.8) is 0 Å². The number of hydrogen-bond donors (Lipinski definition) is 2. The molecule has 0 saturated carbocycles. The Morgan fingerprint density at radius 2 is 2.00 bits per heavy atom. The van der Waals surface area contributed by atoms with Gasteiger partial charge in [0, 0.05) is 6.54 Å². The Bertz CT molecular complexity index is 564. The van der Waals surface area contributed by atoms with E-state index in [0.717, 1.165) is 11.4 Å². The Balaban J connectivity index is 1.89. The summed E-state index contributed by atoms with van der Waals surface area (Å²) in [6.45, 7) is 4.28. The summed E-state index contributed by atoms with van der Waals surface area (Å²) in [6, 6.07) is 13.3. The Morgan fingerprint density at radius 1 is 1.20 bits per heavy atom. The van der Waals surface area contributed by atoms with Crippen molar-refractivity contribution in [3.8, 4) is 0 Å². The number of anilines is 2. The third-order valence-electron chi connectivity index (χ3n) is 2.68. The van der Waals surface area contributed by atoms with Crippen LogP contribution in [-0.2, 0) is 11.2 Å². The number of aromatic nitrogens is 1. The first kappa shape index (κ1) is 13.8. The fourth-order valence-corrected chi connectivity index (χ4v) is 1.74. The highest BCUT2D eigenvalue weighted by molar-refractivity contribution is 5.92. The highest BCUT2D eigenvalue weighted by atomic mass is 16.1. The molecule has 20 heavy (non-hydrogen) atoms. The third-order valence-corrected chi connectivity index (χ3v) is 2.68. The lowest BCUT2D eigenvalue weighted by Gasteiger charge is -2.06. The summed E-state index contributed by atoms with van der Waals surface area (Å²) in [7, 11) is 0. The Hall–Kier alpha value is -2.62. The fraction of sp³-hybridized carbons (Fsp3) is 0.125. The Labute approximate surface area is 118 Å². The number of hydrogen-bond acceptors (Lipinski definition) is 3. The lowest BCUT2D eigenvalue weighted by Crippen LogP contribution is -2.14. The van der Waals surface area contributed by atoms with E-state index in [-0.39, 0.29) is 5.91 Å². The van der Waals surface area contributed by atoms with Gasteiger partial charge in [0.15, 0.2) is 0 Å². The Kier molecular flexibility index (Phi) is 4.89. The van der Waals surface area contributed by atoms with Gasteiger partial charge in [-0.05, 0) is 17.7 Å². The van der Waals surface area contributed by atoms with Gasteiger partial charge in [-0.15, -0.1) is 6.58 Å². The van der Waals surface area contributed by atoms with Gasteiger partial charge in [0.25, 0.3) is 0 Å². The molecule has 0 spiro atoms. The number of nitrogens with one attached hydrogen (secondary N) is 2. The molecule has 1 aromatic carbocycles. The first-order valence-corrected chi connectivity index (χ1v) is 6.42. The van der Waals surface area contributed by atoms with Gasteiger partial charge in [0.2, 0.25) is 5.91 Å². The number of rotatable bonds is 6. The summed E-state index contributed by atoms with van der Waals surface area (Å²) in [6.07, 6.45) is 3.75. The van der Waals surface area contributed by atoms with E-state index < -0.39 is 0 Å². The van der Waals surface area contributed by atoms with Crippen LogP contribution in [0.15, 0.2) is 61.3 Å². The highest BCUT2D eigenvalue weighted by Gasteiger charge is 2.04. The standard InChI is InChI=1S/C16H17N3O/c1-2-10-17-15-9-8-14(12-18-15)19-16(20)11-13-6-4-3-5-7-13/h2-9,12H,1,10-11H2,(H,17,18)(H,19,20). The summed E-state index contributed by atoms with van der Waals surface area (Å²) in [5.41, 5.74) is 1.68. The lowest BCUT2D eigenvalue weighted by molar-refractivity contribution is -0.115. The summed E-state index contributed by atoms with van der Waals surface area (Å²) in [4.78, 5) is 16.1. The van der Waals surface area contributed by atoms with E-state index in [1.165, 1.54) is 0 Å². The molecule has 0 aliphatic rings. The van der Waals surface area contributed by atoms with Gasteiger partial charge in [-0.25, -0.2) is 4.98 Å². The van der Waals surface area contributed by atoms with E-state index in [0.29, 0.717) is 18.7 Å². The van der Waals surface area contributed by atoms with E-state index in [2.05, 4.69) is 22.2 Å². The predicted octanol–water partition coefficient (Wildman–Crippen LogP) is 2.86. The molecule has 0 atom stereocenters. The zero-order valence-corrected chi connectivity index (χ0v) is 11.2.